The summed E-state index contributed by atoms with van der Waals surface area (Å²) >= 11 is 0. The molecule has 1 aliphatic heterocycles. The van der Waals surface area contributed by atoms with Crippen LogP contribution in [-0.4, -0.2) is 56.1 Å². The summed E-state index contributed by atoms with van der Waals surface area (Å²) in [4.78, 5) is 6.96. The molecule has 1 saturated heterocycles. The molecule has 3 heterocycles. The Bertz CT molecular complexity index is 592. The summed E-state index contributed by atoms with van der Waals surface area (Å²) in [5.74, 6) is 1.74. The van der Waals surface area contributed by atoms with Gasteiger partial charge in [0.25, 0.3) is 0 Å². The molecule has 0 aromatic carbocycles. The van der Waals surface area contributed by atoms with E-state index in [2.05, 4.69) is 38.3 Å². The van der Waals surface area contributed by atoms with Crippen LogP contribution in [0.2, 0.25) is 0 Å². The van der Waals surface area contributed by atoms with Crippen molar-refractivity contribution in [3.63, 3.8) is 0 Å². The minimum atomic E-state index is -0.0236. The van der Waals surface area contributed by atoms with E-state index in [1.807, 2.05) is 17.9 Å². The summed E-state index contributed by atoms with van der Waals surface area (Å²) in [5.41, 5.74) is 1.27. The summed E-state index contributed by atoms with van der Waals surface area (Å²) in [5, 5.41) is 11.5. The molecule has 120 valence electrons. The van der Waals surface area contributed by atoms with Crippen molar-refractivity contribution in [3.8, 4) is 0 Å². The topological polar surface area (TPSA) is 71.9 Å². The molecule has 3 rings (SSSR count). The lowest BCUT2D eigenvalue weighted by Gasteiger charge is -2.31. The lowest BCUT2D eigenvalue weighted by atomic mass is 10.2. The van der Waals surface area contributed by atoms with E-state index < -0.39 is 0 Å². The molecular weight excluding hydrogens is 280 g/mol. The average molecular weight is 304 g/mol. The van der Waals surface area contributed by atoms with E-state index in [4.69, 9.17) is 4.74 Å². The average Bonchev–Trinajstić information content (AvgIpc) is 3.15. The molecule has 1 fully saturated rings. The Morgan fingerprint density at radius 2 is 2.32 bits per heavy atom. The molecule has 0 bridgehead atoms. The van der Waals surface area contributed by atoms with Gasteiger partial charge < -0.3 is 4.74 Å². The largest absolute Gasteiger partial charge is 0.367 e. The molecule has 1 N–H and O–H groups in total. The van der Waals surface area contributed by atoms with E-state index >= 15 is 0 Å². The Balaban J connectivity index is 1.54. The second-order valence-corrected chi connectivity index (χ2v) is 5.82. The smallest absolute Gasteiger partial charge is 0.180 e. The van der Waals surface area contributed by atoms with Gasteiger partial charge in [0.05, 0.1) is 12.8 Å². The number of aromatic amines is 1. The van der Waals surface area contributed by atoms with E-state index in [-0.39, 0.29) is 6.10 Å². The third-order valence-electron chi connectivity index (χ3n) is 3.95. The monoisotopic (exact) mass is 304 g/mol. The van der Waals surface area contributed by atoms with Crippen molar-refractivity contribution in [2.45, 2.75) is 32.3 Å². The first-order chi connectivity index (χ1) is 10.7. The highest BCUT2D eigenvalue weighted by Gasteiger charge is 2.25. The fourth-order valence-electron chi connectivity index (χ4n) is 2.75. The van der Waals surface area contributed by atoms with Gasteiger partial charge in [-0.2, -0.15) is 10.2 Å². The first-order valence-corrected chi connectivity index (χ1v) is 7.97. The molecule has 0 amide bonds. The zero-order valence-electron chi connectivity index (χ0n) is 13.3. The van der Waals surface area contributed by atoms with Gasteiger partial charge in [0.2, 0.25) is 0 Å². The summed E-state index contributed by atoms with van der Waals surface area (Å²) in [7, 11) is 1.95. The second kappa shape index (κ2) is 7.02. The van der Waals surface area contributed by atoms with Gasteiger partial charge in [-0.1, -0.05) is 6.92 Å². The van der Waals surface area contributed by atoms with Crippen molar-refractivity contribution >= 4 is 0 Å². The number of morpholine rings is 1. The lowest BCUT2D eigenvalue weighted by molar-refractivity contribution is -0.0337. The molecule has 7 heteroatoms. The number of aromatic nitrogens is 5. The van der Waals surface area contributed by atoms with E-state index in [0.29, 0.717) is 0 Å². The van der Waals surface area contributed by atoms with Crippen LogP contribution in [0.1, 0.15) is 36.7 Å². The third kappa shape index (κ3) is 3.72. The molecule has 0 radical (unpaired) electrons. The summed E-state index contributed by atoms with van der Waals surface area (Å²) in [6.45, 7) is 5.69. The van der Waals surface area contributed by atoms with E-state index in [1.165, 1.54) is 5.56 Å². The van der Waals surface area contributed by atoms with Gasteiger partial charge in [-0.05, 0) is 18.4 Å². The molecule has 7 nitrogen and oxygen atoms in total. The number of nitrogens with one attached hydrogen (secondary N) is 1. The zero-order chi connectivity index (χ0) is 15.4. The Morgan fingerprint density at radius 3 is 3.09 bits per heavy atom. The third-order valence-corrected chi connectivity index (χ3v) is 3.95. The van der Waals surface area contributed by atoms with Crippen molar-refractivity contribution < 1.29 is 4.74 Å². The number of H-pyrrole nitrogens is 1. The fraction of sp³-hybridized carbons (Fsp3) is 0.667. The molecule has 1 aliphatic rings. The van der Waals surface area contributed by atoms with E-state index in [9.17, 15) is 0 Å². The van der Waals surface area contributed by atoms with Crippen molar-refractivity contribution in [1.29, 1.82) is 0 Å². The first-order valence-electron chi connectivity index (χ1n) is 7.97. The van der Waals surface area contributed by atoms with Crippen molar-refractivity contribution in [2.75, 3.05) is 26.2 Å². The highest BCUT2D eigenvalue weighted by atomic mass is 16.5. The van der Waals surface area contributed by atoms with Crippen LogP contribution in [0.4, 0.5) is 0 Å². The number of hydrogen-bond donors (Lipinski definition) is 1. The lowest BCUT2D eigenvalue weighted by Crippen LogP contribution is -2.39. The van der Waals surface area contributed by atoms with Crippen LogP contribution in [0.5, 0.6) is 0 Å². The Morgan fingerprint density at radius 1 is 1.41 bits per heavy atom. The van der Waals surface area contributed by atoms with Crippen LogP contribution < -0.4 is 0 Å². The molecule has 1 atom stereocenters. The molecule has 22 heavy (non-hydrogen) atoms. The quantitative estimate of drug-likeness (QED) is 0.865. The molecule has 0 unspecified atom stereocenters. The maximum atomic E-state index is 5.84. The van der Waals surface area contributed by atoms with Crippen LogP contribution in [-0.2, 0) is 24.6 Å². The predicted octanol–water partition coefficient (Wildman–Crippen LogP) is 1.11. The highest BCUT2D eigenvalue weighted by molar-refractivity contribution is 5.04. The Hall–Kier alpha value is -1.73. The number of aryl methyl sites for hydroxylation is 2. The normalized spacial score (nSPS) is 19.6. The molecule has 2 aromatic heterocycles. The van der Waals surface area contributed by atoms with Crippen molar-refractivity contribution in [1.82, 2.24) is 29.9 Å². The van der Waals surface area contributed by atoms with Gasteiger partial charge in [0, 0.05) is 39.3 Å². The maximum Gasteiger partial charge on any atom is 0.180 e. The van der Waals surface area contributed by atoms with Crippen LogP contribution in [0.3, 0.4) is 0 Å². The van der Waals surface area contributed by atoms with Crippen molar-refractivity contribution in [2.24, 2.45) is 7.05 Å². The van der Waals surface area contributed by atoms with Crippen molar-refractivity contribution in [3.05, 3.63) is 29.6 Å². The van der Waals surface area contributed by atoms with Crippen LogP contribution in [0.25, 0.3) is 0 Å². The van der Waals surface area contributed by atoms with Gasteiger partial charge >= 0.3 is 0 Å². The molecule has 2 aromatic rings. The molecule has 0 spiro atoms. The SMILES string of the molecule is CCCc1nc([C@H]2CN(CCc3cnn(C)c3)CCO2)n[nH]1. The Labute approximate surface area is 130 Å². The van der Waals surface area contributed by atoms with Gasteiger partial charge in [0.1, 0.15) is 11.9 Å². The summed E-state index contributed by atoms with van der Waals surface area (Å²) < 4.78 is 7.69. The highest BCUT2D eigenvalue weighted by Crippen LogP contribution is 2.19. The van der Waals surface area contributed by atoms with Gasteiger partial charge in [0.15, 0.2) is 5.82 Å². The predicted molar refractivity (Wildman–Crippen MR) is 82.4 cm³/mol. The van der Waals surface area contributed by atoms with Gasteiger partial charge in [-0.25, -0.2) is 4.98 Å². The zero-order valence-corrected chi connectivity index (χ0v) is 13.3. The number of rotatable bonds is 6. The first kappa shape index (κ1) is 15.2. The molecule has 0 saturated carbocycles. The number of nitrogens with zero attached hydrogens (tertiary/aromatic N) is 5. The minimum Gasteiger partial charge on any atom is -0.367 e. The minimum absolute atomic E-state index is 0.0236. The van der Waals surface area contributed by atoms with Crippen LogP contribution in [0.15, 0.2) is 12.4 Å². The van der Waals surface area contributed by atoms with Gasteiger partial charge in [-0.3, -0.25) is 14.7 Å². The molecule has 0 aliphatic carbocycles. The standard InChI is InChI=1S/C15H24N6O/c1-3-4-14-17-15(19-18-14)13-11-21(7-8-22-13)6-5-12-9-16-20(2)10-12/h9-10,13H,3-8,11H2,1-2H3,(H,17,18,19)/t13-/m1/s1. The second-order valence-electron chi connectivity index (χ2n) is 5.82. The fourth-order valence-corrected chi connectivity index (χ4v) is 2.75. The number of hydrogen-bond acceptors (Lipinski definition) is 5. The van der Waals surface area contributed by atoms with Crippen LogP contribution in [0, 0.1) is 0 Å². The number of ether oxygens (including phenoxy) is 1. The van der Waals surface area contributed by atoms with E-state index in [0.717, 1.165) is 57.2 Å². The van der Waals surface area contributed by atoms with Gasteiger partial charge in [-0.15, -0.1) is 0 Å². The molecular formula is C15H24N6O. The maximum absolute atomic E-state index is 5.84. The van der Waals surface area contributed by atoms with E-state index in [1.54, 1.807) is 0 Å². The Kier molecular flexibility index (Phi) is 4.84. The van der Waals surface area contributed by atoms with Crippen LogP contribution >= 0.6 is 0 Å². The summed E-state index contributed by atoms with van der Waals surface area (Å²) in [6.07, 6.45) is 7.00. The summed E-state index contributed by atoms with van der Waals surface area (Å²) in [6, 6.07) is 0.